The molecule has 0 aromatic heterocycles. The number of hydrogen-bond donors (Lipinski definition) is 2. The molecule has 7 heteroatoms. The molecule has 0 saturated carbocycles. The summed E-state index contributed by atoms with van der Waals surface area (Å²) in [5.74, 6) is -0.744. The highest BCUT2D eigenvalue weighted by Gasteiger charge is 2.24. The van der Waals surface area contributed by atoms with Crippen LogP contribution < -0.4 is 16.0 Å². The number of amides is 2. The molecule has 0 aliphatic carbocycles. The van der Waals surface area contributed by atoms with Crippen LogP contribution in [-0.2, 0) is 4.79 Å². The zero-order valence-corrected chi connectivity index (χ0v) is 16.6. The van der Waals surface area contributed by atoms with E-state index in [0.29, 0.717) is 17.8 Å². The Balaban J connectivity index is 1.69. The van der Waals surface area contributed by atoms with Gasteiger partial charge in [-0.2, -0.15) is 0 Å². The Morgan fingerprint density at radius 3 is 2.86 bits per heavy atom. The van der Waals surface area contributed by atoms with Crippen LogP contribution in [-0.4, -0.2) is 36.7 Å². The van der Waals surface area contributed by atoms with E-state index in [0.717, 1.165) is 29.8 Å². The Labute approximate surface area is 168 Å². The van der Waals surface area contributed by atoms with Crippen LogP contribution >= 0.6 is 11.8 Å². The van der Waals surface area contributed by atoms with Gasteiger partial charge in [0, 0.05) is 24.0 Å². The standard InChI is InChI=1S/C21H24FN3O2S/c1-14-8-9-17(22)18(11-14)25-10-4-5-15(12-25)24-21(27)16-6-2-3-7-19(16)28-13-20(23)26/h2-3,6-9,11,15H,4-5,10,12-13H2,1H3,(H2,23,26)(H,24,27). The second-order valence-corrected chi connectivity index (χ2v) is 7.98. The second kappa shape index (κ2) is 9.10. The molecule has 1 aliphatic heterocycles. The first kappa shape index (κ1) is 20.2. The topological polar surface area (TPSA) is 75.4 Å². The number of thioether (sulfide) groups is 1. The molecule has 0 spiro atoms. The number of hydrogen-bond acceptors (Lipinski definition) is 4. The van der Waals surface area contributed by atoms with Crippen LogP contribution in [0.5, 0.6) is 0 Å². The van der Waals surface area contributed by atoms with Crippen LogP contribution in [0.15, 0.2) is 47.4 Å². The Hall–Kier alpha value is -2.54. The number of aryl methyl sites for hydroxylation is 1. The van der Waals surface area contributed by atoms with Crippen molar-refractivity contribution in [2.75, 3.05) is 23.7 Å². The van der Waals surface area contributed by atoms with E-state index in [2.05, 4.69) is 5.32 Å². The van der Waals surface area contributed by atoms with E-state index in [-0.39, 0.29) is 23.5 Å². The minimum Gasteiger partial charge on any atom is -0.369 e. The fourth-order valence-corrected chi connectivity index (χ4v) is 4.16. The van der Waals surface area contributed by atoms with Crippen molar-refractivity contribution in [1.29, 1.82) is 0 Å². The Kier molecular flexibility index (Phi) is 6.57. The van der Waals surface area contributed by atoms with Crippen molar-refractivity contribution in [3.8, 4) is 0 Å². The molecule has 148 valence electrons. The summed E-state index contributed by atoms with van der Waals surface area (Å²) < 4.78 is 14.2. The van der Waals surface area contributed by atoms with Crippen LogP contribution in [0.1, 0.15) is 28.8 Å². The number of benzene rings is 2. The normalized spacial score (nSPS) is 16.6. The van der Waals surface area contributed by atoms with Gasteiger partial charge in [-0.15, -0.1) is 11.8 Å². The molecule has 1 unspecified atom stereocenters. The number of piperidine rings is 1. The number of nitrogens with zero attached hydrogens (tertiary/aromatic N) is 1. The predicted octanol–water partition coefficient (Wildman–Crippen LogP) is 3.11. The molecule has 5 nitrogen and oxygen atoms in total. The minimum absolute atomic E-state index is 0.0737. The fraction of sp³-hybridized carbons (Fsp3) is 0.333. The summed E-state index contributed by atoms with van der Waals surface area (Å²) in [6.45, 7) is 3.26. The number of nitrogens with two attached hydrogens (primary N) is 1. The molecule has 2 aromatic rings. The number of anilines is 1. The minimum atomic E-state index is -0.427. The van der Waals surface area contributed by atoms with Gasteiger partial charge in [0.25, 0.3) is 5.91 Å². The smallest absolute Gasteiger partial charge is 0.252 e. The van der Waals surface area contributed by atoms with E-state index >= 15 is 0 Å². The van der Waals surface area contributed by atoms with Crippen molar-refractivity contribution in [2.24, 2.45) is 5.73 Å². The predicted molar refractivity (Wildman–Crippen MR) is 110 cm³/mol. The van der Waals surface area contributed by atoms with Gasteiger partial charge in [-0.1, -0.05) is 18.2 Å². The maximum atomic E-state index is 14.2. The van der Waals surface area contributed by atoms with Crippen molar-refractivity contribution < 1.29 is 14.0 Å². The lowest BCUT2D eigenvalue weighted by atomic mass is 10.0. The van der Waals surface area contributed by atoms with Crippen molar-refractivity contribution in [1.82, 2.24) is 5.32 Å². The molecule has 1 atom stereocenters. The lowest BCUT2D eigenvalue weighted by Crippen LogP contribution is -2.48. The summed E-state index contributed by atoms with van der Waals surface area (Å²) in [6.07, 6.45) is 1.71. The average Bonchev–Trinajstić information content (AvgIpc) is 2.68. The van der Waals surface area contributed by atoms with E-state index in [9.17, 15) is 14.0 Å². The number of carbonyl (C=O) groups is 2. The van der Waals surface area contributed by atoms with E-state index in [1.165, 1.54) is 17.8 Å². The zero-order chi connectivity index (χ0) is 20.1. The summed E-state index contributed by atoms with van der Waals surface area (Å²) >= 11 is 1.25. The summed E-state index contributed by atoms with van der Waals surface area (Å²) in [4.78, 5) is 26.6. The van der Waals surface area contributed by atoms with Gasteiger partial charge in [-0.25, -0.2) is 4.39 Å². The molecule has 3 rings (SSSR count). The van der Waals surface area contributed by atoms with Gasteiger partial charge in [-0.3, -0.25) is 9.59 Å². The highest BCUT2D eigenvalue weighted by atomic mass is 32.2. The van der Waals surface area contributed by atoms with Crippen LogP contribution in [0, 0.1) is 12.7 Å². The van der Waals surface area contributed by atoms with Gasteiger partial charge in [0.05, 0.1) is 17.0 Å². The van der Waals surface area contributed by atoms with Crippen LogP contribution in [0.4, 0.5) is 10.1 Å². The molecule has 1 fully saturated rings. The molecule has 0 radical (unpaired) electrons. The third kappa shape index (κ3) is 5.04. The van der Waals surface area contributed by atoms with Crippen molar-refractivity contribution >= 4 is 29.3 Å². The molecular weight excluding hydrogens is 377 g/mol. The molecule has 3 N–H and O–H groups in total. The summed E-state index contributed by atoms with van der Waals surface area (Å²) in [6, 6.07) is 12.2. The number of carbonyl (C=O) groups excluding carboxylic acids is 2. The third-order valence-corrected chi connectivity index (χ3v) is 5.80. The first-order valence-corrected chi connectivity index (χ1v) is 10.2. The number of rotatable bonds is 6. The maximum Gasteiger partial charge on any atom is 0.252 e. The van der Waals surface area contributed by atoms with Gasteiger partial charge in [0.1, 0.15) is 5.82 Å². The Morgan fingerprint density at radius 2 is 2.07 bits per heavy atom. The lowest BCUT2D eigenvalue weighted by molar-refractivity contribution is -0.115. The third-order valence-electron chi connectivity index (χ3n) is 4.70. The van der Waals surface area contributed by atoms with E-state index < -0.39 is 5.91 Å². The van der Waals surface area contributed by atoms with Crippen LogP contribution in [0.3, 0.4) is 0 Å². The van der Waals surface area contributed by atoms with Gasteiger partial charge in [0.15, 0.2) is 0 Å². The molecule has 2 aromatic carbocycles. The maximum absolute atomic E-state index is 14.2. The average molecular weight is 402 g/mol. The van der Waals surface area contributed by atoms with Gasteiger partial charge in [-0.05, 0) is 49.6 Å². The number of nitrogens with one attached hydrogen (secondary N) is 1. The van der Waals surface area contributed by atoms with E-state index in [1.807, 2.05) is 24.0 Å². The van der Waals surface area contributed by atoms with Crippen LogP contribution in [0.25, 0.3) is 0 Å². The highest BCUT2D eigenvalue weighted by molar-refractivity contribution is 8.00. The SMILES string of the molecule is Cc1ccc(F)c(N2CCCC(NC(=O)c3ccccc3SCC(N)=O)C2)c1. The first-order valence-electron chi connectivity index (χ1n) is 9.26. The number of primary amides is 1. The van der Waals surface area contributed by atoms with Gasteiger partial charge >= 0.3 is 0 Å². The van der Waals surface area contributed by atoms with Crippen LogP contribution in [0.2, 0.25) is 0 Å². The quantitative estimate of drug-likeness (QED) is 0.730. The molecule has 28 heavy (non-hydrogen) atoms. The molecular formula is C21H24FN3O2S. The Morgan fingerprint density at radius 1 is 1.29 bits per heavy atom. The molecule has 1 saturated heterocycles. The van der Waals surface area contributed by atoms with Gasteiger partial charge < -0.3 is 16.0 Å². The van der Waals surface area contributed by atoms with Crippen molar-refractivity contribution in [3.05, 3.63) is 59.4 Å². The summed E-state index contributed by atoms with van der Waals surface area (Å²) in [5, 5.41) is 3.06. The van der Waals surface area contributed by atoms with Crippen molar-refractivity contribution in [2.45, 2.75) is 30.7 Å². The van der Waals surface area contributed by atoms with Crippen molar-refractivity contribution in [3.63, 3.8) is 0 Å². The Bertz CT molecular complexity index is 874. The van der Waals surface area contributed by atoms with E-state index in [1.54, 1.807) is 24.3 Å². The van der Waals surface area contributed by atoms with E-state index in [4.69, 9.17) is 5.73 Å². The summed E-state index contributed by atoms with van der Waals surface area (Å²) in [7, 11) is 0. The summed E-state index contributed by atoms with van der Waals surface area (Å²) in [5.41, 5.74) is 7.32. The second-order valence-electron chi connectivity index (χ2n) is 6.96. The first-order chi connectivity index (χ1) is 13.4. The highest BCUT2D eigenvalue weighted by Crippen LogP contribution is 2.26. The number of halogens is 1. The zero-order valence-electron chi connectivity index (χ0n) is 15.8. The monoisotopic (exact) mass is 401 g/mol. The molecule has 0 bridgehead atoms. The molecule has 2 amide bonds. The fourth-order valence-electron chi connectivity index (χ4n) is 3.37. The molecule has 1 heterocycles. The molecule has 1 aliphatic rings. The lowest BCUT2D eigenvalue weighted by Gasteiger charge is -2.35. The largest absolute Gasteiger partial charge is 0.369 e. The van der Waals surface area contributed by atoms with Gasteiger partial charge in [0.2, 0.25) is 5.91 Å².